The maximum atomic E-state index is 4.54. The third kappa shape index (κ3) is 4.88. The van der Waals surface area contributed by atoms with E-state index < -0.39 is 0 Å². The normalized spacial score (nSPS) is 12.8. The van der Waals surface area contributed by atoms with Crippen LogP contribution in [0.25, 0.3) is 22.5 Å². The van der Waals surface area contributed by atoms with Crippen LogP contribution in [0.2, 0.25) is 0 Å². The number of hydrogen-bond donors (Lipinski definition) is 0. The molecule has 1 radical (unpaired) electrons. The van der Waals surface area contributed by atoms with Gasteiger partial charge in [0.15, 0.2) is 0 Å². The molecule has 0 spiro atoms. The molecule has 0 saturated carbocycles. The molecular formula is C32H27IrN3-2. The number of benzene rings is 3. The van der Waals surface area contributed by atoms with E-state index in [0.29, 0.717) is 0 Å². The third-order valence-corrected chi connectivity index (χ3v) is 6.49. The van der Waals surface area contributed by atoms with Crippen molar-refractivity contribution in [3.63, 3.8) is 0 Å². The molecule has 3 heterocycles. The van der Waals surface area contributed by atoms with Crippen LogP contribution in [0, 0.1) is 12.1 Å². The third-order valence-electron chi connectivity index (χ3n) is 6.49. The Hall–Kier alpha value is -3.59. The number of fused-ring (bicyclic) bond motifs is 2. The Morgan fingerprint density at radius 1 is 0.667 bits per heavy atom. The van der Waals surface area contributed by atoms with E-state index in [1.165, 1.54) is 22.5 Å². The zero-order valence-corrected chi connectivity index (χ0v) is 23.0. The quantitative estimate of drug-likeness (QED) is 0.186. The fourth-order valence-corrected chi connectivity index (χ4v) is 4.68. The van der Waals surface area contributed by atoms with E-state index in [1.807, 2.05) is 72.9 Å². The second-order valence-electron chi connectivity index (χ2n) is 9.02. The van der Waals surface area contributed by atoms with Gasteiger partial charge in [-0.3, -0.25) is 0 Å². The minimum atomic E-state index is -0.0446. The van der Waals surface area contributed by atoms with Gasteiger partial charge in [-0.15, -0.1) is 59.7 Å². The van der Waals surface area contributed by atoms with Gasteiger partial charge in [0.1, 0.15) is 0 Å². The van der Waals surface area contributed by atoms with Crippen molar-refractivity contribution in [2.75, 3.05) is 11.9 Å². The van der Waals surface area contributed by atoms with E-state index in [9.17, 15) is 0 Å². The van der Waals surface area contributed by atoms with Crippen molar-refractivity contribution in [3.05, 3.63) is 133 Å². The van der Waals surface area contributed by atoms with Crippen molar-refractivity contribution in [2.24, 2.45) is 0 Å². The minimum Gasteiger partial charge on any atom is -0.384 e. The number of pyridine rings is 2. The molecule has 3 nitrogen and oxygen atoms in total. The number of nitrogens with zero attached hydrogens (tertiary/aromatic N) is 3. The molecule has 0 bridgehead atoms. The Morgan fingerprint density at radius 2 is 1.33 bits per heavy atom. The molecule has 1 aliphatic heterocycles. The van der Waals surface area contributed by atoms with Gasteiger partial charge < -0.3 is 14.9 Å². The van der Waals surface area contributed by atoms with E-state index in [4.69, 9.17) is 0 Å². The molecule has 181 valence electrons. The molecule has 0 N–H and O–H groups in total. The topological polar surface area (TPSA) is 29.0 Å². The molecule has 0 aliphatic carbocycles. The van der Waals surface area contributed by atoms with Crippen LogP contribution in [0.15, 0.2) is 109 Å². The summed E-state index contributed by atoms with van der Waals surface area (Å²) >= 11 is 0. The number of aromatic nitrogens is 2. The van der Waals surface area contributed by atoms with Crippen LogP contribution < -0.4 is 4.90 Å². The predicted octanol–water partition coefficient (Wildman–Crippen LogP) is 7.50. The van der Waals surface area contributed by atoms with Crippen LogP contribution in [-0.4, -0.2) is 17.0 Å². The van der Waals surface area contributed by atoms with E-state index in [2.05, 4.69) is 78.2 Å². The Kier molecular flexibility index (Phi) is 7.78. The van der Waals surface area contributed by atoms with Gasteiger partial charge in [0.05, 0.1) is 0 Å². The average Bonchev–Trinajstić information content (AvgIpc) is 2.93. The SMILES string of the molecule is CN1c2ccccc2C(C)(C)c2cc[c-]c(-c3ccccn3)c21.[Ir].[c-]1ccccc1-c1ccccn1. The molecule has 5 aromatic rings. The molecule has 0 saturated heterocycles. The van der Waals surface area contributed by atoms with Crippen molar-refractivity contribution in [3.8, 4) is 22.5 Å². The summed E-state index contributed by atoms with van der Waals surface area (Å²) in [5.41, 5.74) is 9.12. The van der Waals surface area contributed by atoms with Crippen molar-refractivity contribution >= 4 is 11.4 Å². The summed E-state index contributed by atoms with van der Waals surface area (Å²) in [5, 5.41) is 0. The van der Waals surface area contributed by atoms with Gasteiger partial charge in [0.25, 0.3) is 0 Å². The Labute approximate surface area is 227 Å². The molecule has 0 atom stereocenters. The molecule has 3 aromatic carbocycles. The van der Waals surface area contributed by atoms with Crippen LogP contribution in [0.1, 0.15) is 25.0 Å². The van der Waals surface area contributed by atoms with Gasteiger partial charge in [0.2, 0.25) is 0 Å². The van der Waals surface area contributed by atoms with Gasteiger partial charge in [-0.25, -0.2) is 0 Å². The summed E-state index contributed by atoms with van der Waals surface area (Å²) in [5.74, 6) is 0. The van der Waals surface area contributed by atoms with Crippen molar-refractivity contribution in [2.45, 2.75) is 19.3 Å². The minimum absolute atomic E-state index is 0. The molecule has 4 heteroatoms. The molecule has 0 amide bonds. The molecule has 36 heavy (non-hydrogen) atoms. The Morgan fingerprint density at radius 3 is 2.00 bits per heavy atom. The summed E-state index contributed by atoms with van der Waals surface area (Å²) < 4.78 is 0. The Balaban J connectivity index is 0.000000198. The van der Waals surface area contributed by atoms with Crippen LogP contribution in [-0.2, 0) is 25.5 Å². The van der Waals surface area contributed by atoms with E-state index in [1.54, 1.807) is 6.20 Å². The summed E-state index contributed by atoms with van der Waals surface area (Å²) in [4.78, 5) is 11.0. The zero-order chi connectivity index (χ0) is 24.3. The smallest absolute Gasteiger partial charge is 0.0365 e. The summed E-state index contributed by atoms with van der Waals surface area (Å²) in [7, 11) is 2.13. The van der Waals surface area contributed by atoms with Crippen LogP contribution in [0.3, 0.4) is 0 Å². The molecule has 0 fully saturated rings. The molecule has 2 aromatic heterocycles. The second-order valence-corrected chi connectivity index (χ2v) is 9.02. The standard InChI is InChI=1S/C21H19N2.C11H8N.Ir/c1-21(2)16-10-4-5-13-19(16)23(3)20-15(9-8-11-17(20)21)18-12-6-7-14-22-18;1-2-6-10(7-3-1)11-8-4-5-9-12-11;/h4-8,10-14H,1-3H3;1-6,8-9H;/q2*-1;. The maximum Gasteiger partial charge on any atom is 0.0365 e. The molecule has 1 aliphatic rings. The average molecular weight is 646 g/mol. The number of hydrogen-bond acceptors (Lipinski definition) is 3. The second kappa shape index (κ2) is 11.0. The number of para-hydroxylation sites is 1. The van der Waals surface area contributed by atoms with Crippen molar-refractivity contribution in [1.82, 2.24) is 9.97 Å². The van der Waals surface area contributed by atoms with Gasteiger partial charge in [-0.2, -0.15) is 0 Å². The maximum absolute atomic E-state index is 4.54. The molecular weight excluding hydrogens is 619 g/mol. The van der Waals surface area contributed by atoms with Gasteiger partial charge in [0, 0.05) is 50.6 Å². The van der Waals surface area contributed by atoms with Crippen LogP contribution in [0.4, 0.5) is 11.4 Å². The van der Waals surface area contributed by atoms with Crippen LogP contribution >= 0.6 is 0 Å². The van der Waals surface area contributed by atoms with E-state index in [0.717, 1.165) is 22.5 Å². The van der Waals surface area contributed by atoms with E-state index in [-0.39, 0.29) is 25.5 Å². The zero-order valence-electron chi connectivity index (χ0n) is 20.6. The fourth-order valence-electron chi connectivity index (χ4n) is 4.68. The van der Waals surface area contributed by atoms with Crippen LogP contribution in [0.5, 0.6) is 0 Å². The van der Waals surface area contributed by atoms with Crippen molar-refractivity contribution in [1.29, 1.82) is 0 Å². The number of rotatable bonds is 2. The first kappa shape index (κ1) is 25.5. The summed E-state index contributed by atoms with van der Waals surface area (Å²) in [6.07, 6.45) is 3.63. The van der Waals surface area contributed by atoms with Gasteiger partial charge >= 0.3 is 0 Å². The molecule has 0 unspecified atom stereocenters. The first-order valence-electron chi connectivity index (χ1n) is 11.8. The molecule has 6 rings (SSSR count). The largest absolute Gasteiger partial charge is 0.384 e. The van der Waals surface area contributed by atoms with E-state index >= 15 is 0 Å². The summed E-state index contributed by atoms with van der Waals surface area (Å²) in [6, 6.07) is 39.1. The van der Waals surface area contributed by atoms with Crippen molar-refractivity contribution < 1.29 is 20.1 Å². The predicted molar refractivity (Wildman–Crippen MR) is 144 cm³/mol. The van der Waals surface area contributed by atoms with Gasteiger partial charge in [-0.1, -0.05) is 61.9 Å². The van der Waals surface area contributed by atoms with Gasteiger partial charge in [-0.05, 0) is 40.8 Å². The fraction of sp³-hybridized carbons (Fsp3) is 0.125. The Bertz CT molecular complexity index is 1380. The number of anilines is 2. The monoisotopic (exact) mass is 646 g/mol. The summed E-state index contributed by atoms with van der Waals surface area (Å²) in [6.45, 7) is 4.58. The first-order chi connectivity index (χ1) is 17.1. The first-order valence-corrected chi connectivity index (χ1v) is 11.8.